The van der Waals surface area contributed by atoms with E-state index in [9.17, 15) is 0 Å². The molecule has 2 radical (unpaired) electrons. The van der Waals surface area contributed by atoms with Gasteiger partial charge in [-0.15, -0.1) is 0 Å². The first-order chi connectivity index (χ1) is 5.93. The van der Waals surface area contributed by atoms with Crippen molar-refractivity contribution >= 4 is 22.2 Å². The second-order valence-electron chi connectivity index (χ2n) is 2.40. The van der Waals surface area contributed by atoms with E-state index < -0.39 is 0 Å². The third-order valence-electron chi connectivity index (χ3n) is 1.68. The van der Waals surface area contributed by atoms with Crippen LogP contribution in [0.3, 0.4) is 0 Å². The highest BCUT2D eigenvalue weighted by molar-refractivity contribution is 5.88. The van der Waals surface area contributed by atoms with Crippen LogP contribution in [0.1, 0.15) is 0 Å². The van der Waals surface area contributed by atoms with Crippen molar-refractivity contribution in [1.29, 1.82) is 0 Å². The molecule has 0 saturated heterocycles. The monoisotopic (exact) mass is 158 g/mol. The Morgan fingerprint density at radius 1 is 0.917 bits per heavy atom. The molecule has 12 heavy (non-hydrogen) atoms. The molecule has 2 heterocycles. The molecule has 0 fully saturated rings. The smallest absolute Gasteiger partial charge is 0.284 e. The molecule has 3 aromatic rings. The summed E-state index contributed by atoms with van der Waals surface area (Å²) in [4.78, 5) is 7.71. The van der Waals surface area contributed by atoms with Crippen molar-refractivity contribution < 1.29 is 8.83 Å². The van der Waals surface area contributed by atoms with Gasteiger partial charge in [-0.25, -0.2) is 9.97 Å². The Labute approximate surface area is 66.8 Å². The van der Waals surface area contributed by atoms with Crippen LogP contribution in [0.4, 0.5) is 0 Å². The van der Waals surface area contributed by atoms with E-state index in [-0.39, 0.29) is 0 Å². The van der Waals surface area contributed by atoms with Gasteiger partial charge in [0.15, 0.2) is 11.2 Å². The first-order valence-corrected chi connectivity index (χ1v) is 3.37. The predicted octanol–water partition coefficient (Wildman–Crippen LogP) is 1.57. The summed E-state index contributed by atoms with van der Waals surface area (Å²) in [6.45, 7) is 0. The van der Waals surface area contributed by atoms with Gasteiger partial charge in [-0.1, -0.05) is 0 Å². The van der Waals surface area contributed by atoms with Crippen LogP contribution in [0.25, 0.3) is 22.2 Å². The van der Waals surface area contributed by atoms with Gasteiger partial charge in [-0.3, -0.25) is 0 Å². The molecule has 0 aliphatic carbocycles. The molecule has 4 heteroatoms. The Morgan fingerprint density at radius 2 is 1.42 bits per heavy atom. The molecule has 2 aromatic heterocycles. The molecule has 0 saturated carbocycles. The van der Waals surface area contributed by atoms with Gasteiger partial charge in [0, 0.05) is 12.1 Å². The zero-order valence-corrected chi connectivity index (χ0v) is 5.87. The number of rotatable bonds is 0. The van der Waals surface area contributed by atoms with E-state index in [0.717, 1.165) is 0 Å². The van der Waals surface area contributed by atoms with Crippen molar-refractivity contribution in [1.82, 2.24) is 9.97 Å². The SMILES string of the molecule is [c]1nc2cc3o[c]nc3cc2o1. The van der Waals surface area contributed by atoms with Gasteiger partial charge in [0.2, 0.25) is 0 Å². The third kappa shape index (κ3) is 0.611. The lowest BCUT2D eigenvalue weighted by Gasteiger charge is -1.84. The zero-order chi connectivity index (χ0) is 7.97. The number of hydrogen-bond acceptors (Lipinski definition) is 4. The molecule has 0 bridgehead atoms. The van der Waals surface area contributed by atoms with E-state index in [2.05, 4.69) is 22.8 Å². The normalized spacial score (nSPS) is 11.3. The van der Waals surface area contributed by atoms with Crippen LogP contribution in [-0.2, 0) is 0 Å². The van der Waals surface area contributed by atoms with Crippen molar-refractivity contribution in [2.75, 3.05) is 0 Å². The topological polar surface area (TPSA) is 52.1 Å². The fourth-order valence-electron chi connectivity index (χ4n) is 1.12. The number of hydrogen-bond donors (Lipinski definition) is 0. The predicted molar refractivity (Wildman–Crippen MR) is 39.2 cm³/mol. The fraction of sp³-hybridized carbons (Fsp3) is 0. The first-order valence-electron chi connectivity index (χ1n) is 3.37. The molecule has 0 unspecified atom stereocenters. The van der Waals surface area contributed by atoms with Crippen LogP contribution in [-0.4, -0.2) is 9.97 Å². The van der Waals surface area contributed by atoms with Gasteiger partial charge < -0.3 is 8.83 Å². The van der Waals surface area contributed by atoms with Gasteiger partial charge in [-0.2, -0.15) is 0 Å². The number of oxazole rings is 2. The van der Waals surface area contributed by atoms with Crippen LogP contribution < -0.4 is 0 Å². The third-order valence-corrected chi connectivity index (χ3v) is 1.68. The van der Waals surface area contributed by atoms with E-state index >= 15 is 0 Å². The number of nitrogens with zero attached hydrogens (tertiary/aromatic N) is 2. The maximum absolute atomic E-state index is 4.96. The molecule has 0 amide bonds. The molecular weight excluding hydrogens is 156 g/mol. The molecule has 56 valence electrons. The van der Waals surface area contributed by atoms with Crippen molar-refractivity contribution in [3.63, 3.8) is 0 Å². The lowest BCUT2D eigenvalue weighted by atomic mass is 10.3. The van der Waals surface area contributed by atoms with Crippen molar-refractivity contribution in [3.8, 4) is 0 Å². The Morgan fingerprint density at radius 3 is 1.92 bits per heavy atom. The van der Waals surface area contributed by atoms with Gasteiger partial charge in [-0.05, 0) is 0 Å². The van der Waals surface area contributed by atoms with Crippen LogP contribution in [0.5, 0.6) is 0 Å². The summed E-state index contributed by atoms with van der Waals surface area (Å²) in [5.41, 5.74) is 2.75. The minimum absolute atomic E-state index is 0.657. The highest BCUT2D eigenvalue weighted by Gasteiger charge is 2.04. The highest BCUT2D eigenvalue weighted by Crippen LogP contribution is 2.19. The summed E-state index contributed by atoms with van der Waals surface area (Å²) in [7, 11) is 0. The summed E-state index contributed by atoms with van der Waals surface area (Å²) in [5, 5.41) is 0. The Kier molecular flexibility index (Phi) is 0.889. The zero-order valence-electron chi connectivity index (χ0n) is 5.87. The van der Waals surface area contributed by atoms with E-state index in [4.69, 9.17) is 8.83 Å². The molecule has 0 aliphatic heterocycles. The maximum atomic E-state index is 4.96. The molecule has 0 spiro atoms. The Bertz CT molecular complexity index is 447. The summed E-state index contributed by atoms with van der Waals surface area (Å²) in [6.07, 6.45) is 4.80. The average molecular weight is 158 g/mol. The second-order valence-corrected chi connectivity index (χ2v) is 2.40. The van der Waals surface area contributed by atoms with Crippen LogP contribution in [0.2, 0.25) is 0 Å². The van der Waals surface area contributed by atoms with E-state index in [0.29, 0.717) is 22.2 Å². The number of aromatic nitrogens is 2. The fourth-order valence-corrected chi connectivity index (χ4v) is 1.12. The molecular formula is C8H2N2O2. The Hall–Kier alpha value is -1.84. The van der Waals surface area contributed by atoms with Crippen molar-refractivity contribution in [3.05, 3.63) is 24.9 Å². The van der Waals surface area contributed by atoms with Crippen LogP contribution in [0.15, 0.2) is 21.0 Å². The second kappa shape index (κ2) is 1.85. The minimum atomic E-state index is 0.657. The van der Waals surface area contributed by atoms with E-state index in [1.165, 1.54) is 0 Å². The summed E-state index contributed by atoms with van der Waals surface area (Å²) < 4.78 is 9.93. The lowest BCUT2D eigenvalue weighted by molar-refractivity contribution is 0.590. The van der Waals surface area contributed by atoms with Gasteiger partial charge in [0.1, 0.15) is 11.0 Å². The van der Waals surface area contributed by atoms with E-state index in [1.54, 1.807) is 12.1 Å². The largest absolute Gasteiger partial charge is 0.432 e. The average Bonchev–Trinajstić information content (AvgIpc) is 2.64. The van der Waals surface area contributed by atoms with Crippen LogP contribution in [0, 0.1) is 12.8 Å². The Balaban J connectivity index is 2.62. The first kappa shape index (κ1) is 5.77. The molecule has 0 aliphatic rings. The quantitative estimate of drug-likeness (QED) is 0.498. The van der Waals surface area contributed by atoms with Crippen molar-refractivity contribution in [2.45, 2.75) is 0 Å². The minimum Gasteiger partial charge on any atom is -0.432 e. The molecule has 0 N–H and O–H groups in total. The molecule has 1 aromatic carbocycles. The lowest BCUT2D eigenvalue weighted by Crippen LogP contribution is -1.68. The van der Waals surface area contributed by atoms with Gasteiger partial charge in [0.05, 0.1) is 0 Å². The van der Waals surface area contributed by atoms with Crippen molar-refractivity contribution in [2.24, 2.45) is 0 Å². The van der Waals surface area contributed by atoms with E-state index in [1.807, 2.05) is 0 Å². The molecule has 3 rings (SSSR count). The maximum Gasteiger partial charge on any atom is 0.284 e. The summed E-state index contributed by atoms with van der Waals surface area (Å²) >= 11 is 0. The number of benzene rings is 1. The summed E-state index contributed by atoms with van der Waals surface area (Å²) in [6, 6.07) is 3.49. The van der Waals surface area contributed by atoms with Crippen LogP contribution >= 0.6 is 0 Å². The summed E-state index contributed by atoms with van der Waals surface area (Å²) in [5.74, 6) is 0. The highest BCUT2D eigenvalue weighted by atomic mass is 16.3. The van der Waals surface area contributed by atoms with Gasteiger partial charge >= 0.3 is 0 Å². The standard InChI is InChI=1S/C8H2N2O2/c1-5-8(12-3-9-5)2-6-7(1)11-4-10-6/h1-2H. The number of fused-ring (bicyclic) bond motifs is 2. The molecule has 0 atom stereocenters. The molecule has 4 nitrogen and oxygen atoms in total. The van der Waals surface area contributed by atoms with Gasteiger partial charge in [0.25, 0.3) is 12.8 Å².